The van der Waals surface area contributed by atoms with Crippen molar-refractivity contribution in [3.05, 3.63) is 59.2 Å². The summed E-state index contributed by atoms with van der Waals surface area (Å²) in [6, 6.07) is 12.4. The summed E-state index contributed by atoms with van der Waals surface area (Å²) in [5.74, 6) is -0.187. The maximum atomic E-state index is 13.0. The van der Waals surface area contributed by atoms with Gasteiger partial charge >= 0.3 is 0 Å². The molecule has 1 atom stereocenters. The number of likely N-dealkylation sites (tertiary alicyclic amines) is 1. The number of benzene rings is 2. The van der Waals surface area contributed by atoms with Gasteiger partial charge in [0, 0.05) is 48.7 Å². The van der Waals surface area contributed by atoms with E-state index in [4.69, 9.17) is 10.1 Å². The van der Waals surface area contributed by atoms with E-state index in [1.165, 1.54) is 0 Å². The molecule has 0 saturated carbocycles. The zero-order chi connectivity index (χ0) is 23.7. The Labute approximate surface area is 197 Å². The summed E-state index contributed by atoms with van der Waals surface area (Å²) in [5, 5.41) is 13.6. The highest BCUT2D eigenvalue weighted by molar-refractivity contribution is 6.03. The number of fused-ring (bicyclic) bond motifs is 1. The molecule has 2 aromatic carbocycles. The highest BCUT2D eigenvalue weighted by atomic mass is 16.5. The van der Waals surface area contributed by atoms with Crippen molar-refractivity contribution < 1.29 is 19.1 Å². The number of nitrogens with zero attached hydrogens (tertiary/aromatic N) is 2. The number of hydrogen-bond acceptors (Lipinski definition) is 5. The minimum Gasteiger partial charge on any atom is -0.366 e. The predicted molar refractivity (Wildman–Crippen MR) is 127 cm³/mol. The highest BCUT2D eigenvalue weighted by Gasteiger charge is 2.32. The number of hydrogen-bond donors (Lipinski definition) is 3. The smallest absolute Gasteiger partial charge is 0.256 e. The third-order valence-electron chi connectivity index (χ3n) is 6.48. The summed E-state index contributed by atoms with van der Waals surface area (Å²) in [4.78, 5) is 41.7. The highest BCUT2D eigenvalue weighted by Crippen LogP contribution is 2.24. The lowest BCUT2D eigenvalue weighted by Gasteiger charge is -2.32. The zero-order valence-corrected chi connectivity index (χ0v) is 18.8. The first-order valence-corrected chi connectivity index (χ1v) is 11.6. The molecule has 0 spiro atoms. The first kappa shape index (κ1) is 22.1. The van der Waals surface area contributed by atoms with E-state index < -0.39 is 6.10 Å². The van der Waals surface area contributed by atoms with Crippen LogP contribution < -0.4 is 15.5 Å². The SMILES string of the molecule is N=C1NCc2cc(NC(=O)C[C@H]3OCCN(c4ccc(C(=O)N5CCCC5)cc4)C3=O)ccc21. The molecule has 9 heteroatoms. The van der Waals surface area contributed by atoms with E-state index in [1.54, 1.807) is 41.3 Å². The number of carbonyl (C=O) groups is 3. The van der Waals surface area contributed by atoms with Crippen LogP contribution in [0, 0.1) is 5.41 Å². The van der Waals surface area contributed by atoms with Gasteiger partial charge in [-0.2, -0.15) is 0 Å². The van der Waals surface area contributed by atoms with E-state index in [0.717, 1.165) is 37.1 Å². The van der Waals surface area contributed by atoms with Crippen LogP contribution in [0.25, 0.3) is 0 Å². The number of amidine groups is 1. The van der Waals surface area contributed by atoms with Crippen LogP contribution in [0.15, 0.2) is 42.5 Å². The molecule has 0 radical (unpaired) electrons. The number of rotatable bonds is 5. The van der Waals surface area contributed by atoms with Gasteiger partial charge < -0.3 is 25.2 Å². The molecular formula is C25H27N5O4. The number of carbonyl (C=O) groups excluding carboxylic acids is 3. The van der Waals surface area contributed by atoms with E-state index in [1.807, 2.05) is 11.0 Å². The normalized spacial score (nSPS) is 19.7. The quantitative estimate of drug-likeness (QED) is 0.631. The molecule has 176 valence electrons. The molecule has 0 bridgehead atoms. The summed E-state index contributed by atoms with van der Waals surface area (Å²) in [6.45, 7) is 2.85. The summed E-state index contributed by atoms with van der Waals surface area (Å²) in [5.41, 5.74) is 3.70. The maximum absolute atomic E-state index is 13.0. The van der Waals surface area contributed by atoms with Gasteiger partial charge in [0.25, 0.3) is 11.8 Å². The lowest BCUT2D eigenvalue weighted by Crippen LogP contribution is -2.49. The number of amides is 3. The Hall–Kier alpha value is -3.72. The van der Waals surface area contributed by atoms with Crippen molar-refractivity contribution in [1.29, 1.82) is 5.41 Å². The lowest BCUT2D eigenvalue weighted by atomic mass is 10.1. The molecule has 2 fully saturated rings. The third-order valence-corrected chi connectivity index (χ3v) is 6.48. The molecule has 34 heavy (non-hydrogen) atoms. The minimum atomic E-state index is -0.871. The molecule has 3 amide bonds. The maximum Gasteiger partial charge on any atom is 0.256 e. The fraction of sp³-hybridized carbons (Fsp3) is 0.360. The van der Waals surface area contributed by atoms with Crippen LogP contribution >= 0.6 is 0 Å². The number of nitrogens with one attached hydrogen (secondary N) is 3. The van der Waals surface area contributed by atoms with Crippen LogP contribution in [0.2, 0.25) is 0 Å². The summed E-state index contributed by atoms with van der Waals surface area (Å²) in [6.07, 6.45) is 1.11. The van der Waals surface area contributed by atoms with E-state index >= 15 is 0 Å². The number of morpholine rings is 1. The summed E-state index contributed by atoms with van der Waals surface area (Å²) >= 11 is 0. The van der Waals surface area contributed by atoms with Gasteiger partial charge in [-0.05, 0) is 60.9 Å². The molecule has 3 N–H and O–H groups in total. The standard InChI is InChI=1S/C25H27N5O4/c26-23-20-8-5-18(13-17(20)15-27-23)28-22(31)14-21-25(33)30(11-12-34-21)19-6-3-16(4-7-19)24(32)29-9-1-2-10-29/h3-8,13,21H,1-2,9-12,14-15H2,(H2,26,27)(H,28,31)/t21-/m1/s1. The topological polar surface area (TPSA) is 115 Å². The lowest BCUT2D eigenvalue weighted by molar-refractivity contribution is -0.137. The first-order chi connectivity index (χ1) is 16.5. The Morgan fingerprint density at radius 2 is 1.85 bits per heavy atom. The van der Waals surface area contributed by atoms with Crippen LogP contribution in [0.1, 0.15) is 40.7 Å². The molecule has 5 rings (SSSR count). The summed E-state index contributed by atoms with van der Waals surface area (Å²) < 4.78 is 5.62. The van der Waals surface area contributed by atoms with Crippen molar-refractivity contribution in [3.63, 3.8) is 0 Å². The second-order valence-corrected chi connectivity index (χ2v) is 8.75. The van der Waals surface area contributed by atoms with E-state index in [9.17, 15) is 14.4 Å². The average Bonchev–Trinajstić information content (AvgIpc) is 3.50. The van der Waals surface area contributed by atoms with E-state index in [-0.39, 0.29) is 24.1 Å². The second-order valence-electron chi connectivity index (χ2n) is 8.75. The van der Waals surface area contributed by atoms with Crippen LogP contribution in [0.4, 0.5) is 11.4 Å². The second kappa shape index (κ2) is 9.26. The first-order valence-electron chi connectivity index (χ1n) is 11.6. The van der Waals surface area contributed by atoms with E-state index in [2.05, 4.69) is 10.6 Å². The minimum absolute atomic E-state index is 0.0195. The van der Waals surface area contributed by atoms with Gasteiger partial charge in [0.05, 0.1) is 13.0 Å². The molecule has 3 aliphatic heterocycles. The van der Waals surface area contributed by atoms with Gasteiger partial charge in [-0.3, -0.25) is 19.8 Å². The zero-order valence-electron chi connectivity index (χ0n) is 18.8. The van der Waals surface area contributed by atoms with Crippen molar-refractivity contribution in [2.24, 2.45) is 0 Å². The van der Waals surface area contributed by atoms with Crippen LogP contribution in [0.3, 0.4) is 0 Å². The third kappa shape index (κ3) is 4.38. The predicted octanol–water partition coefficient (Wildman–Crippen LogP) is 2.11. The number of ether oxygens (including phenoxy) is 1. The Kier molecular flexibility index (Phi) is 6.02. The summed E-state index contributed by atoms with van der Waals surface area (Å²) in [7, 11) is 0. The fourth-order valence-corrected chi connectivity index (χ4v) is 4.65. The van der Waals surface area contributed by atoms with Crippen LogP contribution in [0.5, 0.6) is 0 Å². The van der Waals surface area contributed by atoms with Gasteiger partial charge in [-0.25, -0.2) is 0 Å². The monoisotopic (exact) mass is 461 g/mol. The molecule has 0 aliphatic carbocycles. The van der Waals surface area contributed by atoms with Crippen molar-refractivity contribution in [2.45, 2.75) is 31.9 Å². The van der Waals surface area contributed by atoms with Gasteiger partial charge in [0.2, 0.25) is 5.91 Å². The Balaban J connectivity index is 1.21. The van der Waals surface area contributed by atoms with Gasteiger partial charge in [-0.1, -0.05) is 0 Å². The Morgan fingerprint density at radius 3 is 2.62 bits per heavy atom. The molecule has 2 saturated heterocycles. The molecule has 0 unspecified atom stereocenters. The van der Waals surface area contributed by atoms with Crippen LogP contribution in [-0.2, 0) is 20.9 Å². The molecule has 0 aromatic heterocycles. The average molecular weight is 462 g/mol. The van der Waals surface area contributed by atoms with Crippen LogP contribution in [-0.4, -0.2) is 60.8 Å². The van der Waals surface area contributed by atoms with Gasteiger partial charge in [0.15, 0.2) is 0 Å². The van der Waals surface area contributed by atoms with Crippen molar-refractivity contribution in [1.82, 2.24) is 10.2 Å². The molecule has 3 aliphatic rings. The van der Waals surface area contributed by atoms with Gasteiger partial charge in [-0.15, -0.1) is 0 Å². The molecule has 2 aromatic rings. The van der Waals surface area contributed by atoms with Crippen molar-refractivity contribution >= 4 is 34.9 Å². The van der Waals surface area contributed by atoms with E-state index in [0.29, 0.717) is 42.5 Å². The molecule has 9 nitrogen and oxygen atoms in total. The molecular weight excluding hydrogens is 434 g/mol. The largest absolute Gasteiger partial charge is 0.366 e. The number of anilines is 2. The molecule has 3 heterocycles. The van der Waals surface area contributed by atoms with Gasteiger partial charge in [0.1, 0.15) is 11.9 Å². The van der Waals surface area contributed by atoms with Crippen molar-refractivity contribution in [2.75, 3.05) is 36.5 Å². The Morgan fingerprint density at radius 1 is 1.09 bits per heavy atom. The van der Waals surface area contributed by atoms with Crippen molar-refractivity contribution in [3.8, 4) is 0 Å². The Bertz CT molecular complexity index is 1140. The fourth-order valence-electron chi connectivity index (χ4n) is 4.65.